The minimum absolute atomic E-state index is 0.0994. The van der Waals surface area contributed by atoms with Crippen molar-refractivity contribution in [3.63, 3.8) is 0 Å². The highest BCUT2D eigenvalue weighted by molar-refractivity contribution is 5.81. The molecule has 0 aliphatic heterocycles. The number of nitrogens with one attached hydrogen (secondary N) is 1. The van der Waals surface area contributed by atoms with E-state index >= 15 is 0 Å². The van der Waals surface area contributed by atoms with Gasteiger partial charge in [0.15, 0.2) is 0 Å². The smallest absolute Gasteiger partial charge is 0.250 e. The zero-order valence-electron chi connectivity index (χ0n) is 9.17. The Morgan fingerprint density at radius 2 is 2.29 bits per heavy atom. The van der Waals surface area contributed by atoms with Crippen molar-refractivity contribution in [3.05, 3.63) is 0 Å². The lowest BCUT2D eigenvalue weighted by molar-refractivity contribution is -0.130. The standard InChI is InChI=1S/C10H20N2O2/c1-10(2)4-7(10)6-12-9(13)8(5-11)14-3/h7-8H,4-6,11H2,1-3H3,(H,12,13). The highest BCUT2D eigenvalue weighted by Crippen LogP contribution is 2.50. The first kappa shape index (κ1) is 11.5. The summed E-state index contributed by atoms with van der Waals surface area (Å²) < 4.78 is 4.93. The molecule has 1 fully saturated rings. The van der Waals surface area contributed by atoms with Crippen LogP contribution in [0.4, 0.5) is 0 Å². The molecule has 0 bridgehead atoms. The van der Waals surface area contributed by atoms with E-state index in [0.717, 1.165) is 6.54 Å². The molecule has 1 rings (SSSR count). The SMILES string of the molecule is COC(CN)C(=O)NCC1CC1(C)C. The van der Waals surface area contributed by atoms with Gasteiger partial charge in [0.05, 0.1) is 0 Å². The Bertz CT molecular complexity index is 212. The molecule has 0 aromatic rings. The van der Waals surface area contributed by atoms with Crippen LogP contribution in [-0.4, -0.2) is 32.2 Å². The summed E-state index contributed by atoms with van der Waals surface area (Å²) in [4.78, 5) is 11.4. The van der Waals surface area contributed by atoms with Crippen molar-refractivity contribution in [3.8, 4) is 0 Å². The number of nitrogens with two attached hydrogens (primary N) is 1. The highest BCUT2D eigenvalue weighted by Gasteiger charge is 2.45. The number of methoxy groups -OCH3 is 1. The minimum atomic E-state index is -0.503. The van der Waals surface area contributed by atoms with Gasteiger partial charge in [-0.15, -0.1) is 0 Å². The van der Waals surface area contributed by atoms with Crippen LogP contribution in [0, 0.1) is 11.3 Å². The third-order valence-corrected chi connectivity index (χ3v) is 3.03. The maximum absolute atomic E-state index is 11.4. The molecule has 82 valence electrons. The molecule has 0 radical (unpaired) electrons. The lowest BCUT2D eigenvalue weighted by Gasteiger charge is -2.13. The number of carbonyl (C=O) groups excluding carboxylic acids is 1. The molecule has 4 heteroatoms. The van der Waals surface area contributed by atoms with Crippen LogP contribution < -0.4 is 11.1 Å². The number of amides is 1. The average Bonchev–Trinajstić information content (AvgIpc) is 2.73. The molecule has 0 aromatic carbocycles. The second-order valence-electron chi connectivity index (χ2n) is 4.59. The van der Waals surface area contributed by atoms with Crippen molar-refractivity contribution in [1.29, 1.82) is 0 Å². The summed E-state index contributed by atoms with van der Waals surface area (Å²) in [5.41, 5.74) is 5.78. The van der Waals surface area contributed by atoms with Crippen molar-refractivity contribution in [2.24, 2.45) is 17.1 Å². The van der Waals surface area contributed by atoms with Crippen LogP contribution in [0.15, 0.2) is 0 Å². The van der Waals surface area contributed by atoms with Crippen molar-refractivity contribution < 1.29 is 9.53 Å². The van der Waals surface area contributed by atoms with Crippen molar-refractivity contribution in [2.75, 3.05) is 20.2 Å². The second kappa shape index (κ2) is 4.28. The van der Waals surface area contributed by atoms with Gasteiger partial charge >= 0.3 is 0 Å². The topological polar surface area (TPSA) is 64.3 Å². The first-order valence-corrected chi connectivity index (χ1v) is 5.02. The molecule has 14 heavy (non-hydrogen) atoms. The minimum Gasteiger partial charge on any atom is -0.370 e. The molecule has 0 spiro atoms. The number of ether oxygens (including phenoxy) is 1. The Labute approximate surface area is 85.2 Å². The normalized spacial score (nSPS) is 25.6. The molecule has 0 aromatic heterocycles. The third-order valence-electron chi connectivity index (χ3n) is 3.03. The van der Waals surface area contributed by atoms with Crippen molar-refractivity contribution in [2.45, 2.75) is 26.4 Å². The van der Waals surface area contributed by atoms with Crippen LogP contribution in [0.3, 0.4) is 0 Å². The lowest BCUT2D eigenvalue weighted by atomic mass is 10.1. The molecule has 1 aliphatic rings. The van der Waals surface area contributed by atoms with E-state index in [1.165, 1.54) is 13.5 Å². The molecule has 3 N–H and O–H groups in total. The largest absolute Gasteiger partial charge is 0.370 e. The van der Waals surface area contributed by atoms with Crippen LogP contribution in [0.2, 0.25) is 0 Å². The van der Waals surface area contributed by atoms with Crippen molar-refractivity contribution >= 4 is 5.91 Å². The van der Waals surface area contributed by atoms with Crippen LogP contribution in [-0.2, 0) is 9.53 Å². The van der Waals surface area contributed by atoms with Gasteiger partial charge in [-0.25, -0.2) is 0 Å². The van der Waals surface area contributed by atoms with Crippen LogP contribution in [0.25, 0.3) is 0 Å². The summed E-state index contributed by atoms with van der Waals surface area (Å²) in [6, 6.07) is 0. The lowest BCUT2D eigenvalue weighted by Crippen LogP contribution is -2.41. The molecule has 1 amide bonds. The first-order chi connectivity index (χ1) is 6.51. The van der Waals surface area contributed by atoms with E-state index in [0.29, 0.717) is 11.3 Å². The zero-order valence-corrected chi connectivity index (χ0v) is 9.17. The Hall–Kier alpha value is -0.610. The second-order valence-corrected chi connectivity index (χ2v) is 4.59. The van der Waals surface area contributed by atoms with Gasteiger partial charge < -0.3 is 15.8 Å². The molecular weight excluding hydrogens is 180 g/mol. The zero-order chi connectivity index (χ0) is 10.8. The predicted octanol–water partition coefficient (Wildman–Crippen LogP) is 0.122. The van der Waals surface area contributed by atoms with E-state index in [1.807, 2.05) is 0 Å². The van der Waals surface area contributed by atoms with Gasteiger partial charge in [-0.2, -0.15) is 0 Å². The van der Waals surface area contributed by atoms with E-state index in [4.69, 9.17) is 10.5 Å². The van der Waals surface area contributed by atoms with E-state index < -0.39 is 6.10 Å². The predicted molar refractivity (Wildman–Crippen MR) is 54.7 cm³/mol. The molecule has 1 saturated carbocycles. The van der Waals surface area contributed by atoms with Crippen molar-refractivity contribution in [1.82, 2.24) is 5.32 Å². The third kappa shape index (κ3) is 2.69. The molecule has 2 atom stereocenters. The summed E-state index contributed by atoms with van der Waals surface area (Å²) in [6.45, 7) is 5.39. The Morgan fingerprint density at radius 1 is 1.71 bits per heavy atom. The van der Waals surface area contributed by atoms with Gasteiger partial charge in [0, 0.05) is 20.2 Å². The molecule has 0 heterocycles. The Morgan fingerprint density at radius 3 is 2.64 bits per heavy atom. The summed E-state index contributed by atoms with van der Waals surface area (Å²) in [7, 11) is 1.50. The monoisotopic (exact) mass is 200 g/mol. The average molecular weight is 200 g/mol. The molecular formula is C10H20N2O2. The molecule has 4 nitrogen and oxygen atoms in total. The van der Waals surface area contributed by atoms with E-state index in [-0.39, 0.29) is 12.5 Å². The van der Waals surface area contributed by atoms with E-state index in [1.54, 1.807) is 0 Å². The van der Waals surface area contributed by atoms with Gasteiger partial charge in [0.25, 0.3) is 0 Å². The quantitative estimate of drug-likeness (QED) is 0.662. The van der Waals surface area contributed by atoms with Gasteiger partial charge in [-0.1, -0.05) is 13.8 Å². The molecule has 0 saturated heterocycles. The van der Waals surface area contributed by atoms with E-state index in [2.05, 4.69) is 19.2 Å². The van der Waals surface area contributed by atoms with E-state index in [9.17, 15) is 4.79 Å². The van der Waals surface area contributed by atoms with Gasteiger partial charge in [-0.3, -0.25) is 4.79 Å². The maximum Gasteiger partial charge on any atom is 0.250 e. The fourth-order valence-corrected chi connectivity index (χ4v) is 1.57. The summed E-state index contributed by atoms with van der Waals surface area (Å²) in [5, 5.41) is 2.86. The molecule has 2 unspecified atom stereocenters. The van der Waals surface area contributed by atoms with Gasteiger partial charge in [0.1, 0.15) is 6.10 Å². The number of rotatable bonds is 5. The Kier molecular flexibility index (Phi) is 3.50. The van der Waals surface area contributed by atoms with Crippen LogP contribution in [0.1, 0.15) is 20.3 Å². The van der Waals surface area contributed by atoms with Crippen LogP contribution in [0.5, 0.6) is 0 Å². The van der Waals surface area contributed by atoms with Gasteiger partial charge in [-0.05, 0) is 17.8 Å². The fourth-order valence-electron chi connectivity index (χ4n) is 1.57. The Balaban J connectivity index is 2.21. The molecule has 1 aliphatic carbocycles. The fraction of sp³-hybridized carbons (Fsp3) is 0.900. The van der Waals surface area contributed by atoms with Crippen LogP contribution >= 0.6 is 0 Å². The summed E-state index contributed by atoms with van der Waals surface area (Å²) in [5.74, 6) is 0.513. The summed E-state index contributed by atoms with van der Waals surface area (Å²) >= 11 is 0. The number of hydrogen-bond acceptors (Lipinski definition) is 3. The maximum atomic E-state index is 11.4. The number of carbonyl (C=O) groups is 1. The first-order valence-electron chi connectivity index (χ1n) is 5.02. The summed E-state index contributed by atoms with van der Waals surface area (Å²) in [6.07, 6.45) is 0.685. The highest BCUT2D eigenvalue weighted by atomic mass is 16.5. The number of hydrogen-bond donors (Lipinski definition) is 2. The van der Waals surface area contributed by atoms with Gasteiger partial charge in [0.2, 0.25) is 5.91 Å².